The van der Waals surface area contributed by atoms with Gasteiger partial charge >= 0.3 is 0 Å². The SMILES string of the molecule is CCOCN1OC=C(c2ccc(F)cc2)C1c1ccnc(NCc2ccccc2)n1. The van der Waals surface area contributed by atoms with Gasteiger partial charge in [0, 0.05) is 24.9 Å². The van der Waals surface area contributed by atoms with Gasteiger partial charge in [-0.25, -0.2) is 14.4 Å². The van der Waals surface area contributed by atoms with Crippen molar-refractivity contribution in [3.63, 3.8) is 0 Å². The van der Waals surface area contributed by atoms with E-state index in [0.29, 0.717) is 19.1 Å². The second-order valence-electron chi connectivity index (χ2n) is 6.77. The number of hydrogen-bond acceptors (Lipinski definition) is 6. The molecule has 0 saturated carbocycles. The van der Waals surface area contributed by atoms with Crippen molar-refractivity contribution in [2.45, 2.75) is 19.5 Å². The monoisotopic (exact) mass is 406 g/mol. The van der Waals surface area contributed by atoms with Gasteiger partial charge in [0.1, 0.15) is 24.9 Å². The van der Waals surface area contributed by atoms with Gasteiger partial charge in [0.15, 0.2) is 0 Å². The summed E-state index contributed by atoms with van der Waals surface area (Å²) in [7, 11) is 0. The Morgan fingerprint density at radius 2 is 1.90 bits per heavy atom. The molecule has 2 aromatic carbocycles. The second kappa shape index (κ2) is 9.47. The molecule has 4 rings (SSSR count). The summed E-state index contributed by atoms with van der Waals surface area (Å²) in [6.07, 6.45) is 3.38. The smallest absolute Gasteiger partial charge is 0.223 e. The molecule has 1 aliphatic heterocycles. The van der Waals surface area contributed by atoms with Gasteiger partial charge in [0.25, 0.3) is 0 Å². The van der Waals surface area contributed by atoms with Crippen molar-refractivity contribution in [2.24, 2.45) is 0 Å². The molecule has 154 valence electrons. The lowest BCUT2D eigenvalue weighted by Gasteiger charge is -2.24. The molecule has 7 heteroatoms. The van der Waals surface area contributed by atoms with Gasteiger partial charge in [-0.15, -0.1) is 5.06 Å². The van der Waals surface area contributed by atoms with Gasteiger partial charge in [0.2, 0.25) is 5.95 Å². The number of hydrogen-bond donors (Lipinski definition) is 1. The summed E-state index contributed by atoms with van der Waals surface area (Å²) < 4.78 is 19.0. The fraction of sp³-hybridized carbons (Fsp3) is 0.217. The van der Waals surface area contributed by atoms with E-state index in [2.05, 4.69) is 10.3 Å². The van der Waals surface area contributed by atoms with E-state index in [1.165, 1.54) is 12.1 Å². The van der Waals surface area contributed by atoms with Gasteiger partial charge < -0.3 is 14.9 Å². The van der Waals surface area contributed by atoms with Crippen LogP contribution in [0.25, 0.3) is 5.57 Å². The molecule has 1 N–H and O–H groups in total. The highest BCUT2D eigenvalue weighted by molar-refractivity contribution is 5.71. The minimum atomic E-state index is -0.303. The Balaban J connectivity index is 1.58. The van der Waals surface area contributed by atoms with Gasteiger partial charge in [-0.1, -0.05) is 42.5 Å². The van der Waals surface area contributed by atoms with Crippen LogP contribution < -0.4 is 5.32 Å². The molecule has 0 spiro atoms. The summed E-state index contributed by atoms with van der Waals surface area (Å²) in [5, 5.41) is 4.98. The molecule has 0 fully saturated rings. The van der Waals surface area contributed by atoms with Gasteiger partial charge in [0.05, 0.1) is 5.69 Å². The molecular formula is C23H23FN4O2. The first-order chi connectivity index (χ1) is 14.7. The number of nitrogens with one attached hydrogen (secondary N) is 1. The maximum Gasteiger partial charge on any atom is 0.223 e. The lowest BCUT2D eigenvalue weighted by Crippen LogP contribution is -2.27. The molecule has 2 heterocycles. The molecule has 30 heavy (non-hydrogen) atoms. The van der Waals surface area contributed by atoms with Crippen LogP contribution in [0.2, 0.25) is 0 Å². The molecule has 0 saturated heterocycles. The largest absolute Gasteiger partial charge is 0.410 e. The summed E-state index contributed by atoms with van der Waals surface area (Å²) in [4.78, 5) is 14.8. The van der Waals surface area contributed by atoms with Crippen LogP contribution in [-0.2, 0) is 16.1 Å². The summed E-state index contributed by atoms with van der Waals surface area (Å²) in [5.74, 6) is 0.244. The Morgan fingerprint density at radius 1 is 1.10 bits per heavy atom. The van der Waals surface area contributed by atoms with Crippen LogP contribution >= 0.6 is 0 Å². The van der Waals surface area contributed by atoms with E-state index in [1.54, 1.807) is 29.7 Å². The third kappa shape index (κ3) is 4.64. The third-order valence-electron chi connectivity index (χ3n) is 4.75. The van der Waals surface area contributed by atoms with Gasteiger partial charge in [-0.05, 0) is 36.2 Å². The van der Waals surface area contributed by atoms with Crippen molar-refractivity contribution in [1.29, 1.82) is 0 Å². The number of benzene rings is 2. The first kappa shape index (κ1) is 20.0. The van der Waals surface area contributed by atoms with Crippen molar-refractivity contribution in [3.05, 3.63) is 95.8 Å². The Bertz CT molecular complexity index is 996. The van der Waals surface area contributed by atoms with E-state index < -0.39 is 0 Å². The van der Waals surface area contributed by atoms with E-state index in [4.69, 9.17) is 14.6 Å². The number of anilines is 1. The quantitative estimate of drug-likeness (QED) is 0.592. The van der Waals surface area contributed by atoms with E-state index in [9.17, 15) is 4.39 Å². The van der Waals surface area contributed by atoms with Crippen LogP contribution in [0.15, 0.2) is 73.1 Å². The fourth-order valence-corrected chi connectivity index (χ4v) is 3.25. The first-order valence-electron chi connectivity index (χ1n) is 9.82. The van der Waals surface area contributed by atoms with E-state index in [1.807, 2.05) is 43.3 Å². The van der Waals surface area contributed by atoms with Crippen molar-refractivity contribution < 1.29 is 14.0 Å². The third-order valence-corrected chi connectivity index (χ3v) is 4.75. The second-order valence-corrected chi connectivity index (χ2v) is 6.77. The zero-order valence-corrected chi connectivity index (χ0v) is 16.7. The average molecular weight is 406 g/mol. The molecule has 6 nitrogen and oxygen atoms in total. The lowest BCUT2D eigenvalue weighted by molar-refractivity contribution is -0.169. The maximum absolute atomic E-state index is 13.4. The molecule has 0 radical (unpaired) electrons. The van der Waals surface area contributed by atoms with Crippen LogP contribution in [0.4, 0.5) is 10.3 Å². The number of nitrogens with zero attached hydrogens (tertiary/aromatic N) is 3. The number of halogens is 1. The summed E-state index contributed by atoms with van der Waals surface area (Å²) >= 11 is 0. The molecule has 1 aromatic heterocycles. The standard InChI is InChI=1S/C23H23FN4O2/c1-2-29-16-28-22(20(15-30-28)18-8-10-19(24)11-9-18)21-12-13-25-23(27-21)26-14-17-6-4-3-5-7-17/h3-13,15,22H,2,14,16H2,1H3,(H,25,26,27). The van der Waals surface area contributed by atoms with Crippen molar-refractivity contribution in [1.82, 2.24) is 15.0 Å². The highest BCUT2D eigenvalue weighted by Crippen LogP contribution is 2.39. The van der Waals surface area contributed by atoms with Crippen molar-refractivity contribution >= 4 is 11.5 Å². The summed E-state index contributed by atoms with van der Waals surface area (Å²) in [6, 6.07) is 17.9. The Hall–Kier alpha value is -3.29. The Morgan fingerprint density at radius 3 is 2.67 bits per heavy atom. The molecule has 0 amide bonds. The molecule has 1 atom stereocenters. The van der Waals surface area contributed by atoms with Crippen molar-refractivity contribution in [2.75, 3.05) is 18.7 Å². The number of ether oxygens (including phenoxy) is 1. The van der Waals surface area contributed by atoms with E-state index >= 15 is 0 Å². The normalized spacial score (nSPS) is 16.2. The van der Waals surface area contributed by atoms with Gasteiger partial charge in [-0.2, -0.15) is 0 Å². The minimum Gasteiger partial charge on any atom is -0.410 e. The van der Waals surface area contributed by atoms with Crippen molar-refractivity contribution in [3.8, 4) is 0 Å². The topological polar surface area (TPSA) is 59.5 Å². The van der Waals surface area contributed by atoms with Crippen LogP contribution in [0, 0.1) is 5.82 Å². The summed E-state index contributed by atoms with van der Waals surface area (Å²) in [6.45, 7) is 3.38. The number of rotatable bonds is 8. The predicted octanol–water partition coefficient (Wildman–Crippen LogP) is 4.55. The zero-order valence-electron chi connectivity index (χ0n) is 16.7. The molecule has 1 unspecified atom stereocenters. The Kier molecular flexibility index (Phi) is 6.32. The number of aromatic nitrogens is 2. The van der Waals surface area contributed by atoms with Crippen LogP contribution in [0.5, 0.6) is 0 Å². The van der Waals surface area contributed by atoms with Crippen LogP contribution in [0.1, 0.15) is 29.8 Å². The van der Waals surface area contributed by atoms with E-state index in [-0.39, 0.29) is 18.6 Å². The molecular weight excluding hydrogens is 383 g/mol. The average Bonchev–Trinajstić information content (AvgIpc) is 3.21. The van der Waals surface area contributed by atoms with E-state index in [0.717, 1.165) is 22.4 Å². The van der Waals surface area contributed by atoms with Gasteiger partial charge in [-0.3, -0.25) is 0 Å². The van der Waals surface area contributed by atoms with Crippen LogP contribution in [0.3, 0.4) is 0 Å². The highest BCUT2D eigenvalue weighted by atomic mass is 19.1. The summed E-state index contributed by atoms with van der Waals surface area (Å²) in [5.41, 5.74) is 3.63. The lowest BCUT2D eigenvalue weighted by atomic mass is 9.97. The van der Waals surface area contributed by atoms with Crippen LogP contribution in [-0.4, -0.2) is 28.4 Å². The maximum atomic E-state index is 13.4. The fourth-order valence-electron chi connectivity index (χ4n) is 3.25. The first-order valence-corrected chi connectivity index (χ1v) is 9.82. The molecule has 0 aliphatic carbocycles. The Labute approximate surface area is 175 Å². The predicted molar refractivity (Wildman–Crippen MR) is 112 cm³/mol. The zero-order chi connectivity index (χ0) is 20.8. The number of hydroxylamine groups is 2. The molecule has 3 aromatic rings. The molecule has 0 bridgehead atoms. The minimum absolute atomic E-state index is 0.277. The molecule has 1 aliphatic rings. The highest BCUT2D eigenvalue weighted by Gasteiger charge is 2.33.